The molecule has 29 heavy (non-hydrogen) atoms. The molecule has 1 saturated heterocycles. The molecule has 3 heterocycles. The van der Waals surface area contributed by atoms with Crippen molar-refractivity contribution in [3.63, 3.8) is 0 Å². The van der Waals surface area contributed by atoms with Crippen molar-refractivity contribution in [3.8, 4) is 17.4 Å². The molecule has 0 unspecified atom stereocenters. The molecule has 1 aliphatic carbocycles. The second kappa shape index (κ2) is 5.62. The maximum Gasteiger partial charge on any atom is 0.329 e. The summed E-state index contributed by atoms with van der Waals surface area (Å²) in [6, 6.07) is 6.55. The zero-order valence-electron chi connectivity index (χ0n) is 16.5. The molecule has 8 heteroatoms. The number of nitrogens with one attached hydrogen (secondary N) is 1. The third kappa shape index (κ3) is 2.55. The third-order valence-corrected chi connectivity index (χ3v) is 5.89. The molecule has 2 aromatic rings. The van der Waals surface area contributed by atoms with Crippen molar-refractivity contribution < 1.29 is 19.1 Å². The number of imide groups is 1. The standard InChI is InChI=1S/C21H22N4O4/c1-11-4-6-13(15-16(11)28-10-21(15)8-9-21)29-14-7-5-12(17(22)23-14)25-18(26)20(2,3)24-19(25)27/h4-7H,8-10H2,1-3H3,(H2,22,23)(H,24,27). The number of pyridine rings is 1. The van der Waals surface area contributed by atoms with Gasteiger partial charge >= 0.3 is 6.03 Å². The van der Waals surface area contributed by atoms with Crippen LogP contribution in [0.15, 0.2) is 24.3 Å². The second-order valence-corrected chi connectivity index (χ2v) is 8.51. The number of rotatable bonds is 3. The minimum atomic E-state index is -0.986. The number of carbonyl (C=O) groups is 2. The summed E-state index contributed by atoms with van der Waals surface area (Å²) in [5.41, 5.74) is 7.56. The molecule has 0 atom stereocenters. The van der Waals surface area contributed by atoms with Crippen molar-refractivity contribution in [2.24, 2.45) is 0 Å². The van der Waals surface area contributed by atoms with Crippen molar-refractivity contribution in [3.05, 3.63) is 35.4 Å². The van der Waals surface area contributed by atoms with Gasteiger partial charge in [-0.15, -0.1) is 0 Å². The summed E-state index contributed by atoms with van der Waals surface area (Å²) in [6.07, 6.45) is 2.16. The number of nitrogens with two attached hydrogens (primary N) is 1. The zero-order valence-corrected chi connectivity index (χ0v) is 16.5. The lowest BCUT2D eigenvalue weighted by molar-refractivity contribution is -0.121. The Labute approximate surface area is 168 Å². The molecule has 3 amide bonds. The Kier molecular flexibility index (Phi) is 3.45. The SMILES string of the molecule is Cc1ccc(Oc2ccc(N3C(=O)NC(C)(C)C3=O)c(N)n2)c2c1OCC21CC1. The van der Waals surface area contributed by atoms with Crippen LogP contribution in [0.5, 0.6) is 17.4 Å². The van der Waals surface area contributed by atoms with Crippen LogP contribution in [0.3, 0.4) is 0 Å². The number of hydrogen-bond acceptors (Lipinski definition) is 6. The van der Waals surface area contributed by atoms with Crippen molar-refractivity contribution in [1.82, 2.24) is 10.3 Å². The monoisotopic (exact) mass is 394 g/mol. The number of nitrogens with zero attached hydrogens (tertiary/aromatic N) is 2. The lowest BCUT2D eigenvalue weighted by Gasteiger charge is -2.18. The fourth-order valence-electron chi connectivity index (χ4n) is 4.04. The summed E-state index contributed by atoms with van der Waals surface area (Å²) < 4.78 is 12.0. The Morgan fingerprint density at radius 3 is 2.59 bits per heavy atom. The van der Waals surface area contributed by atoms with Gasteiger partial charge < -0.3 is 20.5 Å². The Balaban J connectivity index is 1.47. The molecule has 150 valence electrons. The maximum absolute atomic E-state index is 12.5. The molecule has 3 aliphatic rings. The van der Waals surface area contributed by atoms with Gasteiger partial charge in [-0.1, -0.05) is 6.07 Å². The molecule has 1 spiro atoms. The first-order chi connectivity index (χ1) is 13.7. The van der Waals surface area contributed by atoms with Gasteiger partial charge in [-0.2, -0.15) is 4.98 Å². The number of benzene rings is 1. The Morgan fingerprint density at radius 2 is 1.97 bits per heavy atom. The molecule has 1 aromatic heterocycles. The zero-order chi connectivity index (χ0) is 20.6. The second-order valence-electron chi connectivity index (χ2n) is 8.51. The summed E-state index contributed by atoms with van der Waals surface area (Å²) in [5, 5.41) is 2.63. The van der Waals surface area contributed by atoms with Gasteiger partial charge in [0, 0.05) is 17.0 Å². The van der Waals surface area contributed by atoms with Crippen molar-refractivity contribution in [2.75, 3.05) is 17.2 Å². The van der Waals surface area contributed by atoms with Gasteiger partial charge in [0.05, 0.1) is 12.3 Å². The molecule has 1 saturated carbocycles. The summed E-state index contributed by atoms with van der Waals surface area (Å²) in [6.45, 7) is 5.98. The normalized spacial score (nSPS) is 20.4. The molecular weight excluding hydrogens is 372 g/mol. The van der Waals surface area contributed by atoms with E-state index in [1.807, 2.05) is 19.1 Å². The van der Waals surface area contributed by atoms with Crippen molar-refractivity contribution in [2.45, 2.75) is 44.6 Å². The highest BCUT2D eigenvalue weighted by Gasteiger charge is 2.53. The lowest BCUT2D eigenvalue weighted by Crippen LogP contribution is -2.40. The van der Waals surface area contributed by atoms with Crippen LogP contribution in [0.1, 0.15) is 37.8 Å². The molecule has 2 fully saturated rings. The minimum Gasteiger partial charge on any atom is -0.492 e. The van der Waals surface area contributed by atoms with Gasteiger partial charge in [-0.25, -0.2) is 9.69 Å². The van der Waals surface area contributed by atoms with Crippen molar-refractivity contribution >= 4 is 23.4 Å². The Bertz CT molecular complexity index is 1070. The smallest absolute Gasteiger partial charge is 0.329 e. The average Bonchev–Trinajstić information content (AvgIpc) is 3.27. The summed E-state index contributed by atoms with van der Waals surface area (Å²) in [7, 11) is 0. The number of fused-ring (bicyclic) bond motifs is 2. The van der Waals surface area contributed by atoms with E-state index in [2.05, 4.69) is 10.3 Å². The highest BCUT2D eigenvalue weighted by Crippen LogP contribution is 2.59. The molecule has 8 nitrogen and oxygen atoms in total. The number of urea groups is 1. The van der Waals surface area contributed by atoms with Crippen LogP contribution in [0.25, 0.3) is 0 Å². The van der Waals surface area contributed by atoms with Crippen LogP contribution in [0.2, 0.25) is 0 Å². The number of carbonyl (C=O) groups excluding carboxylic acids is 2. The largest absolute Gasteiger partial charge is 0.492 e. The summed E-state index contributed by atoms with van der Waals surface area (Å²) in [4.78, 5) is 30.1. The van der Waals surface area contributed by atoms with Gasteiger partial charge in [0.15, 0.2) is 5.82 Å². The fraction of sp³-hybridized carbons (Fsp3) is 0.381. The predicted octanol–water partition coefficient (Wildman–Crippen LogP) is 3.02. The van der Waals surface area contributed by atoms with Crippen LogP contribution in [-0.4, -0.2) is 29.1 Å². The van der Waals surface area contributed by atoms with E-state index in [4.69, 9.17) is 15.2 Å². The van der Waals surface area contributed by atoms with Crippen LogP contribution >= 0.6 is 0 Å². The van der Waals surface area contributed by atoms with E-state index in [0.29, 0.717) is 18.2 Å². The number of amides is 3. The van der Waals surface area contributed by atoms with Gasteiger partial charge in [-0.3, -0.25) is 4.79 Å². The number of anilines is 2. The van der Waals surface area contributed by atoms with Gasteiger partial charge in [0.2, 0.25) is 5.88 Å². The lowest BCUT2D eigenvalue weighted by atomic mass is 9.95. The van der Waals surface area contributed by atoms with E-state index in [-0.39, 0.29) is 22.8 Å². The van der Waals surface area contributed by atoms with Gasteiger partial charge in [-0.05, 0) is 51.3 Å². The maximum atomic E-state index is 12.5. The molecular formula is C21H22N4O4. The van der Waals surface area contributed by atoms with Crippen LogP contribution in [0.4, 0.5) is 16.3 Å². The number of nitrogen functional groups attached to an aromatic ring is 1. The molecule has 2 aliphatic heterocycles. The number of aromatic nitrogens is 1. The molecule has 0 radical (unpaired) electrons. The highest BCUT2D eigenvalue weighted by molar-refractivity contribution is 6.24. The van der Waals surface area contributed by atoms with E-state index in [0.717, 1.165) is 34.6 Å². The van der Waals surface area contributed by atoms with E-state index in [9.17, 15) is 9.59 Å². The number of ether oxygens (including phenoxy) is 2. The summed E-state index contributed by atoms with van der Waals surface area (Å²) in [5.74, 6) is 1.56. The van der Waals surface area contributed by atoms with E-state index >= 15 is 0 Å². The number of aryl methyl sites for hydroxylation is 1. The van der Waals surface area contributed by atoms with Gasteiger partial charge in [0.25, 0.3) is 5.91 Å². The Hall–Kier alpha value is -3.29. The van der Waals surface area contributed by atoms with Crippen molar-refractivity contribution in [1.29, 1.82) is 0 Å². The topological polar surface area (TPSA) is 107 Å². The molecule has 5 rings (SSSR count). The third-order valence-electron chi connectivity index (χ3n) is 5.89. The average molecular weight is 394 g/mol. The first kappa shape index (κ1) is 17.8. The fourth-order valence-corrected chi connectivity index (χ4v) is 4.04. The Morgan fingerprint density at radius 1 is 1.21 bits per heavy atom. The molecule has 0 bridgehead atoms. The van der Waals surface area contributed by atoms with E-state index in [1.165, 1.54) is 0 Å². The first-order valence-electron chi connectivity index (χ1n) is 9.60. The highest BCUT2D eigenvalue weighted by atomic mass is 16.5. The van der Waals surface area contributed by atoms with Crippen LogP contribution < -0.4 is 25.4 Å². The number of hydrogen-bond donors (Lipinski definition) is 2. The van der Waals surface area contributed by atoms with E-state index in [1.54, 1.807) is 26.0 Å². The minimum absolute atomic E-state index is 0.0462. The summed E-state index contributed by atoms with van der Waals surface area (Å²) >= 11 is 0. The van der Waals surface area contributed by atoms with E-state index < -0.39 is 11.6 Å². The van der Waals surface area contributed by atoms with Crippen LogP contribution in [-0.2, 0) is 10.2 Å². The predicted molar refractivity (Wildman–Crippen MR) is 106 cm³/mol. The quantitative estimate of drug-likeness (QED) is 0.775. The van der Waals surface area contributed by atoms with Gasteiger partial charge in [0.1, 0.15) is 17.0 Å². The molecule has 1 aromatic carbocycles. The first-order valence-corrected chi connectivity index (χ1v) is 9.60. The molecule has 3 N–H and O–H groups in total. The van der Waals surface area contributed by atoms with Crippen LogP contribution in [0, 0.1) is 6.92 Å².